The molecule has 2 aliphatic heterocycles. The van der Waals surface area contributed by atoms with E-state index in [0.29, 0.717) is 19.0 Å². The minimum atomic E-state index is -0.226. The lowest BCUT2D eigenvalue weighted by Crippen LogP contribution is -2.46. The molecule has 0 spiro atoms. The van der Waals surface area contributed by atoms with Crippen LogP contribution < -0.4 is 5.32 Å². The van der Waals surface area contributed by atoms with Crippen molar-refractivity contribution in [1.29, 1.82) is 0 Å². The van der Waals surface area contributed by atoms with Crippen molar-refractivity contribution < 1.29 is 9.84 Å². The second-order valence-electron chi connectivity index (χ2n) is 6.73. The van der Waals surface area contributed by atoms with Gasteiger partial charge in [-0.05, 0) is 19.3 Å². The molecule has 2 rings (SSSR count). The van der Waals surface area contributed by atoms with E-state index in [-0.39, 0.29) is 12.2 Å². The number of aliphatic hydroxyl groups excluding tert-OH is 1. The maximum absolute atomic E-state index is 9.70. The Kier molecular flexibility index (Phi) is 6.92. The zero-order valence-electron chi connectivity index (χ0n) is 14.3. The average Bonchev–Trinajstić information content (AvgIpc) is 2.89. The van der Waals surface area contributed by atoms with E-state index in [1.54, 1.807) is 0 Å². The first-order valence-electron chi connectivity index (χ1n) is 8.63. The minimum Gasteiger partial charge on any atom is -0.391 e. The van der Waals surface area contributed by atoms with Gasteiger partial charge in [-0.3, -0.25) is 9.89 Å². The number of hydrogen-bond donors (Lipinski definition) is 2. The van der Waals surface area contributed by atoms with Gasteiger partial charge in [0.05, 0.1) is 25.4 Å². The number of β-amino-alcohol motifs (C(OH)–C–C–N with tert-alkyl or cyclic N) is 1. The van der Waals surface area contributed by atoms with E-state index in [0.717, 1.165) is 51.7 Å². The molecule has 1 unspecified atom stereocenters. The Bertz CT molecular complexity index is 362. The lowest BCUT2D eigenvalue weighted by Gasteiger charge is -2.33. The van der Waals surface area contributed by atoms with Crippen molar-refractivity contribution in [3.8, 4) is 0 Å². The van der Waals surface area contributed by atoms with Crippen LogP contribution in [0.4, 0.5) is 0 Å². The van der Waals surface area contributed by atoms with Crippen LogP contribution in [0, 0.1) is 5.92 Å². The van der Waals surface area contributed by atoms with Gasteiger partial charge in [-0.2, -0.15) is 0 Å². The van der Waals surface area contributed by atoms with E-state index >= 15 is 0 Å². The molecular formula is C16H32N4O2. The third-order valence-electron chi connectivity index (χ3n) is 4.09. The monoisotopic (exact) mass is 312 g/mol. The SMILES string of the molecule is CCNC(=NCC1CN(CC(C)C)CCO1)N1CC[C@@H](O)C1. The number of morpholine rings is 1. The van der Waals surface area contributed by atoms with Crippen molar-refractivity contribution in [3.63, 3.8) is 0 Å². The molecule has 0 radical (unpaired) electrons. The predicted octanol–water partition coefficient (Wildman–Crippen LogP) is 0.375. The summed E-state index contributed by atoms with van der Waals surface area (Å²) in [4.78, 5) is 9.35. The second-order valence-corrected chi connectivity index (χ2v) is 6.73. The molecule has 0 aliphatic carbocycles. The number of rotatable bonds is 5. The summed E-state index contributed by atoms with van der Waals surface area (Å²) in [5.41, 5.74) is 0. The van der Waals surface area contributed by atoms with Crippen molar-refractivity contribution in [2.45, 2.75) is 39.4 Å². The third kappa shape index (κ3) is 5.41. The lowest BCUT2D eigenvalue weighted by atomic mass is 10.2. The summed E-state index contributed by atoms with van der Waals surface area (Å²) in [5.74, 6) is 1.59. The molecule has 0 aromatic carbocycles. The van der Waals surface area contributed by atoms with E-state index < -0.39 is 0 Å². The molecule has 0 bridgehead atoms. The van der Waals surface area contributed by atoms with Crippen LogP contribution in [-0.2, 0) is 4.74 Å². The first-order valence-corrected chi connectivity index (χ1v) is 8.63. The molecule has 2 aliphatic rings. The van der Waals surface area contributed by atoms with Crippen molar-refractivity contribution >= 4 is 5.96 Å². The van der Waals surface area contributed by atoms with Gasteiger partial charge in [-0.15, -0.1) is 0 Å². The molecule has 22 heavy (non-hydrogen) atoms. The molecule has 128 valence electrons. The number of aliphatic hydroxyl groups is 1. The highest BCUT2D eigenvalue weighted by molar-refractivity contribution is 5.80. The summed E-state index contributed by atoms with van der Waals surface area (Å²) in [5, 5.41) is 13.0. The summed E-state index contributed by atoms with van der Waals surface area (Å²) < 4.78 is 5.86. The number of ether oxygens (including phenoxy) is 1. The highest BCUT2D eigenvalue weighted by Gasteiger charge is 2.24. The highest BCUT2D eigenvalue weighted by atomic mass is 16.5. The Morgan fingerprint density at radius 3 is 2.82 bits per heavy atom. The molecule has 0 aromatic rings. The van der Waals surface area contributed by atoms with Gasteiger partial charge in [0.25, 0.3) is 0 Å². The van der Waals surface area contributed by atoms with Crippen molar-refractivity contribution in [2.24, 2.45) is 10.9 Å². The van der Waals surface area contributed by atoms with Crippen molar-refractivity contribution in [2.75, 3.05) is 52.4 Å². The number of aliphatic imine (C=N–C) groups is 1. The summed E-state index contributed by atoms with van der Waals surface area (Å²) in [7, 11) is 0. The van der Waals surface area contributed by atoms with Gasteiger partial charge in [0.2, 0.25) is 0 Å². The molecule has 2 atom stereocenters. The number of guanidine groups is 1. The van der Waals surface area contributed by atoms with Crippen molar-refractivity contribution in [1.82, 2.24) is 15.1 Å². The molecule has 2 saturated heterocycles. The number of nitrogens with zero attached hydrogens (tertiary/aromatic N) is 3. The summed E-state index contributed by atoms with van der Waals surface area (Å²) >= 11 is 0. The second kappa shape index (κ2) is 8.70. The van der Waals surface area contributed by atoms with Crippen molar-refractivity contribution in [3.05, 3.63) is 0 Å². The molecule has 0 amide bonds. The van der Waals surface area contributed by atoms with E-state index in [1.165, 1.54) is 0 Å². The van der Waals surface area contributed by atoms with Gasteiger partial charge in [-0.25, -0.2) is 0 Å². The zero-order chi connectivity index (χ0) is 15.9. The number of hydrogen-bond acceptors (Lipinski definition) is 4. The maximum atomic E-state index is 9.70. The quantitative estimate of drug-likeness (QED) is 0.567. The van der Waals surface area contributed by atoms with E-state index in [4.69, 9.17) is 9.73 Å². The Hall–Kier alpha value is -0.850. The van der Waals surface area contributed by atoms with Gasteiger partial charge < -0.3 is 20.1 Å². The fraction of sp³-hybridized carbons (Fsp3) is 0.938. The molecule has 6 nitrogen and oxygen atoms in total. The van der Waals surface area contributed by atoms with Gasteiger partial charge in [-0.1, -0.05) is 13.8 Å². The fourth-order valence-electron chi connectivity index (χ4n) is 3.12. The Labute approximate surface area is 134 Å². The van der Waals surface area contributed by atoms with Gasteiger partial charge in [0.1, 0.15) is 0 Å². The molecule has 2 heterocycles. The van der Waals surface area contributed by atoms with Crippen LogP contribution in [0.15, 0.2) is 4.99 Å². The van der Waals surface area contributed by atoms with Gasteiger partial charge in [0.15, 0.2) is 5.96 Å². The largest absolute Gasteiger partial charge is 0.391 e. The molecular weight excluding hydrogens is 280 g/mol. The Balaban J connectivity index is 1.86. The first-order chi connectivity index (χ1) is 10.6. The normalized spacial score (nSPS) is 27.7. The smallest absolute Gasteiger partial charge is 0.194 e. The van der Waals surface area contributed by atoms with Gasteiger partial charge >= 0.3 is 0 Å². The molecule has 6 heteroatoms. The Morgan fingerprint density at radius 1 is 1.36 bits per heavy atom. The average molecular weight is 312 g/mol. The standard InChI is InChI=1S/C16H32N4O2/c1-4-17-16(20-6-5-14(21)11-20)18-9-15-12-19(7-8-22-15)10-13(2)3/h13-15,21H,4-12H2,1-3H3,(H,17,18)/t14-,15?/m1/s1. The molecule has 2 N–H and O–H groups in total. The summed E-state index contributed by atoms with van der Waals surface area (Å²) in [6.45, 7) is 13.6. The molecule has 0 saturated carbocycles. The topological polar surface area (TPSA) is 60.3 Å². The lowest BCUT2D eigenvalue weighted by molar-refractivity contribution is -0.0262. The maximum Gasteiger partial charge on any atom is 0.194 e. The highest BCUT2D eigenvalue weighted by Crippen LogP contribution is 2.11. The van der Waals surface area contributed by atoms with E-state index in [9.17, 15) is 5.11 Å². The van der Waals surface area contributed by atoms with Crippen LogP contribution in [0.5, 0.6) is 0 Å². The number of likely N-dealkylation sites (tertiary alicyclic amines) is 1. The Morgan fingerprint density at radius 2 is 2.18 bits per heavy atom. The van der Waals surface area contributed by atoms with Crippen LogP contribution in [0.25, 0.3) is 0 Å². The van der Waals surface area contributed by atoms with Gasteiger partial charge in [0, 0.05) is 39.3 Å². The minimum absolute atomic E-state index is 0.175. The van der Waals surface area contributed by atoms with Crippen LogP contribution in [0.2, 0.25) is 0 Å². The third-order valence-corrected chi connectivity index (χ3v) is 4.09. The first kappa shape index (κ1) is 17.5. The van der Waals surface area contributed by atoms with Crippen LogP contribution in [0.1, 0.15) is 27.2 Å². The summed E-state index contributed by atoms with van der Waals surface area (Å²) in [6.07, 6.45) is 0.775. The predicted molar refractivity (Wildman–Crippen MR) is 89.2 cm³/mol. The summed E-state index contributed by atoms with van der Waals surface area (Å²) in [6, 6.07) is 0. The van der Waals surface area contributed by atoms with Crippen LogP contribution >= 0.6 is 0 Å². The number of nitrogens with one attached hydrogen (secondary N) is 1. The van der Waals surface area contributed by atoms with E-state index in [2.05, 4.69) is 35.9 Å². The van der Waals surface area contributed by atoms with Crippen LogP contribution in [-0.4, -0.2) is 85.5 Å². The fourth-order valence-corrected chi connectivity index (χ4v) is 3.12. The van der Waals surface area contributed by atoms with Crippen LogP contribution in [0.3, 0.4) is 0 Å². The molecule has 0 aromatic heterocycles. The zero-order valence-corrected chi connectivity index (χ0v) is 14.3. The molecule has 2 fully saturated rings. The van der Waals surface area contributed by atoms with E-state index in [1.807, 2.05) is 0 Å².